The molecule has 2 unspecified atom stereocenters. The zero-order valence-corrected chi connectivity index (χ0v) is 27.1. The van der Waals surface area contributed by atoms with E-state index in [0.717, 1.165) is 71.2 Å². The number of nitrogens with one attached hydrogen (secondary N) is 4. The summed E-state index contributed by atoms with van der Waals surface area (Å²) in [4.78, 5) is 16.1. The molecule has 2 aromatic heterocycles. The largest absolute Gasteiger partial charge is 0.341 e. The normalized spacial score (nSPS) is 16.6. The fourth-order valence-electron chi connectivity index (χ4n) is 5.69. The number of fused-ring (bicyclic) bond motifs is 1. The molecule has 0 radical (unpaired) electrons. The van der Waals surface area contributed by atoms with Gasteiger partial charge in [0, 0.05) is 11.1 Å². The summed E-state index contributed by atoms with van der Waals surface area (Å²) >= 11 is 0. The molecule has 2 aliphatic heterocycles. The number of hydrogen-bond donors (Lipinski definition) is 4. The monoisotopic (exact) mass is 666 g/mol. The van der Waals surface area contributed by atoms with Crippen molar-refractivity contribution in [1.82, 2.24) is 30.6 Å². The van der Waals surface area contributed by atoms with Gasteiger partial charge < -0.3 is 20.6 Å². The number of halogens is 4. The summed E-state index contributed by atoms with van der Waals surface area (Å²) in [5.74, 6) is 14.5. The fraction of sp³-hybridized carbons (Fsp3) is 0.235. The molecule has 0 spiro atoms. The molecule has 4 N–H and O–H groups in total. The number of aromatic amines is 2. The maximum Gasteiger partial charge on any atom is 0.124 e. The zero-order valence-electron chi connectivity index (χ0n) is 23.9. The van der Waals surface area contributed by atoms with Crippen LogP contribution in [0, 0.1) is 23.7 Å². The van der Waals surface area contributed by atoms with Gasteiger partial charge in [0.05, 0.1) is 30.2 Å². The molecule has 2 atom stereocenters. The second-order valence-corrected chi connectivity index (χ2v) is 10.5. The third kappa shape index (κ3) is 7.60. The Morgan fingerprint density at radius 2 is 1.30 bits per heavy atom. The van der Waals surface area contributed by atoms with Crippen LogP contribution in [0.3, 0.4) is 0 Å². The predicted octanol–water partition coefficient (Wildman–Crippen LogP) is 7.56. The standard InChI is InChI=1S/C34H30N6.4ClH/c1-2-9-25-19-26(15-13-23(25)7-1)29-20-27(32-22-38-34(40-32)31-12-6-18-36-31)16-14-24(29)8-3-4-10-28-21-37-33(39-28)30-11-5-17-35-30;;;;/h1-2,7,9,13-16,19-22,30-31,35-36H,5-6,11-12,17-18H2,(H,37,39)(H,38,40);4*1H. The lowest BCUT2D eigenvalue weighted by atomic mass is 9.95. The van der Waals surface area contributed by atoms with Crippen molar-refractivity contribution in [3.63, 3.8) is 0 Å². The molecule has 0 amide bonds. The first-order valence-corrected chi connectivity index (χ1v) is 14.0. The average molecular weight is 669 g/mol. The number of hydrogen-bond acceptors (Lipinski definition) is 4. The minimum absolute atomic E-state index is 0. The Kier molecular flexibility index (Phi) is 12.8. The Labute approximate surface area is 282 Å². The topological polar surface area (TPSA) is 81.4 Å². The van der Waals surface area contributed by atoms with E-state index in [1.807, 2.05) is 6.20 Å². The van der Waals surface area contributed by atoms with Crippen molar-refractivity contribution >= 4 is 60.4 Å². The Hall–Kier alpha value is -3.46. The van der Waals surface area contributed by atoms with Gasteiger partial charge >= 0.3 is 0 Å². The van der Waals surface area contributed by atoms with Crippen LogP contribution in [0.5, 0.6) is 0 Å². The lowest BCUT2D eigenvalue weighted by Gasteiger charge is -2.10. The van der Waals surface area contributed by atoms with E-state index >= 15 is 0 Å². The number of nitrogens with zero attached hydrogens (tertiary/aromatic N) is 2. The molecule has 2 saturated heterocycles. The molecule has 4 heterocycles. The summed E-state index contributed by atoms with van der Waals surface area (Å²) in [5, 5.41) is 9.40. The van der Waals surface area contributed by atoms with Gasteiger partial charge in [0.1, 0.15) is 17.3 Å². The van der Waals surface area contributed by atoms with Crippen LogP contribution in [0.25, 0.3) is 33.2 Å². The van der Waals surface area contributed by atoms with Crippen LogP contribution in [0.15, 0.2) is 73.1 Å². The fourth-order valence-corrected chi connectivity index (χ4v) is 5.69. The van der Waals surface area contributed by atoms with Crippen LogP contribution in [0.4, 0.5) is 0 Å². The predicted molar refractivity (Wildman–Crippen MR) is 188 cm³/mol. The molecule has 0 aliphatic carbocycles. The van der Waals surface area contributed by atoms with Crippen molar-refractivity contribution < 1.29 is 0 Å². The molecule has 6 nitrogen and oxygen atoms in total. The lowest BCUT2D eigenvalue weighted by Crippen LogP contribution is -2.14. The van der Waals surface area contributed by atoms with Crippen molar-refractivity contribution in [2.24, 2.45) is 0 Å². The lowest BCUT2D eigenvalue weighted by molar-refractivity contribution is 0.612. The van der Waals surface area contributed by atoms with Gasteiger partial charge in [-0.05, 0) is 96.6 Å². The average Bonchev–Trinajstić information content (AvgIpc) is 3.82. The molecule has 10 heteroatoms. The highest BCUT2D eigenvalue weighted by molar-refractivity contribution is 5.89. The summed E-state index contributed by atoms with van der Waals surface area (Å²) in [6.45, 7) is 2.08. The van der Waals surface area contributed by atoms with Crippen molar-refractivity contribution in [2.75, 3.05) is 13.1 Å². The summed E-state index contributed by atoms with van der Waals surface area (Å²) in [7, 11) is 0. The molecule has 2 fully saturated rings. The molecule has 44 heavy (non-hydrogen) atoms. The highest BCUT2D eigenvalue weighted by Gasteiger charge is 2.20. The maximum absolute atomic E-state index is 4.68. The van der Waals surface area contributed by atoms with Crippen molar-refractivity contribution in [1.29, 1.82) is 0 Å². The molecule has 0 saturated carbocycles. The van der Waals surface area contributed by atoms with Crippen molar-refractivity contribution in [3.8, 4) is 46.1 Å². The van der Waals surface area contributed by atoms with Gasteiger partial charge in [0.15, 0.2) is 0 Å². The first-order chi connectivity index (χ1) is 19.8. The van der Waals surface area contributed by atoms with Crippen LogP contribution >= 0.6 is 49.6 Å². The highest BCUT2D eigenvalue weighted by Crippen LogP contribution is 2.32. The van der Waals surface area contributed by atoms with Gasteiger partial charge in [0.25, 0.3) is 0 Å². The van der Waals surface area contributed by atoms with E-state index in [9.17, 15) is 0 Å². The number of imidazole rings is 2. The smallest absolute Gasteiger partial charge is 0.124 e. The van der Waals surface area contributed by atoms with E-state index in [2.05, 4.69) is 115 Å². The molecular weight excluding hydrogens is 634 g/mol. The summed E-state index contributed by atoms with van der Waals surface area (Å²) in [6, 6.07) is 22.0. The zero-order chi connectivity index (χ0) is 26.7. The molecular formula is C34H34Cl4N6. The second kappa shape index (κ2) is 16.0. The second-order valence-electron chi connectivity index (χ2n) is 10.5. The molecule has 2 aliphatic rings. The summed E-state index contributed by atoms with van der Waals surface area (Å²) < 4.78 is 0. The summed E-state index contributed by atoms with van der Waals surface area (Å²) in [6.07, 6.45) is 8.30. The van der Waals surface area contributed by atoms with E-state index in [4.69, 9.17) is 0 Å². The SMILES string of the molecule is C(C#Cc1ccc(-c2cnc(C3CCCN3)[nH]2)cc1-c1ccc2ccccc2c1)#Cc1cnc(C2CCCN2)[nH]1.Cl.Cl.Cl.Cl. The van der Waals surface area contributed by atoms with Gasteiger partial charge in [-0.25, -0.2) is 9.97 Å². The van der Waals surface area contributed by atoms with Gasteiger partial charge in [-0.1, -0.05) is 48.4 Å². The molecule has 228 valence electrons. The molecule has 0 bridgehead atoms. The van der Waals surface area contributed by atoms with E-state index in [1.165, 1.54) is 23.6 Å². The Morgan fingerprint density at radius 1 is 0.636 bits per heavy atom. The number of H-pyrrole nitrogens is 2. The van der Waals surface area contributed by atoms with Crippen molar-refractivity contribution in [3.05, 3.63) is 96.0 Å². The minimum Gasteiger partial charge on any atom is -0.341 e. The van der Waals surface area contributed by atoms with Gasteiger partial charge in [-0.2, -0.15) is 0 Å². The maximum atomic E-state index is 4.68. The van der Waals surface area contributed by atoms with Crippen molar-refractivity contribution in [2.45, 2.75) is 37.8 Å². The van der Waals surface area contributed by atoms with Crippen LogP contribution in [0.1, 0.15) is 60.7 Å². The number of aromatic nitrogens is 4. The van der Waals surface area contributed by atoms with E-state index < -0.39 is 0 Å². The molecule has 3 aromatic carbocycles. The summed E-state index contributed by atoms with van der Waals surface area (Å²) in [5.41, 5.74) is 6.01. The Morgan fingerprint density at radius 3 is 2.02 bits per heavy atom. The number of benzene rings is 3. The Bertz CT molecular complexity index is 1810. The van der Waals surface area contributed by atoms with E-state index in [1.54, 1.807) is 6.20 Å². The molecule has 7 rings (SSSR count). The minimum atomic E-state index is 0. The van der Waals surface area contributed by atoms with E-state index in [0.29, 0.717) is 12.1 Å². The molecule has 5 aromatic rings. The van der Waals surface area contributed by atoms with E-state index in [-0.39, 0.29) is 49.6 Å². The quantitative estimate of drug-likeness (QED) is 0.149. The highest BCUT2D eigenvalue weighted by atomic mass is 35.5. The van der Waals surface area contributed by atoms with Crippen LogP contribution < -0.4 is 10.6 Å². The first-order valence-electron chi connectivity index (χ1n) is 14.0. The number of rotatable bonds is 4. The third-order valence-corrected chi connectivity index (χ3v) is 7.82. The first kappa shape index (κ1) is 35.0. The third-order valence-electron chi connectivity index (χ3n) is 7.82. The van der Waals surface area contributed by atoms with Gasteiger partial charge in [-0.3, -0.25) is 0 Å². The van der Waals surface area contributed by atoms with Crippen LogP contribution in [-0.2, 0) is 0 Å². The van der Waals surface area contributed by atoms with Crippen LogP contribution in [0.2, 0.25) is 0 Å². The van der Waals surface area contributed by atoms with Gasteiger partial charge in [-0.15, -0.1) is 49.6 Å². The van der Waals surface area contributed by atoms with Crippen LogP contribution in [-0.4, -0.2) is 33.0 Å². The Balaban J connectivity index is 0.00000132. The van der Waals surface area contributed by atoms with Gasteiger partial charge in [0.2, 0.25) is 0 Å².